The fraction of sp³-hybridized carbons (Fsp3) is 0.154. The maximum Gasteiger partial charge on any atom is 0.297 e. The van der Waals surface area contributed by atoms with Crippen molar-refractivity contribution in [1.82, 2.24) is 9.97 Å². The SMILES string of the molecule is CNc1c(Cl)c2c[n+](c1NC)-c1nccnc1/C(=C\N)O2. The van der Waals surface area contributed by atoms with Gasteiger partial charge in [-0.15, -0.1) is 4.98 Å². The lowest BCUT2D eigenvalue weighted by Crippen LogP contribution is -2.36. The van der Waals surface area contributed by atoms with Crippen molar-refractivity contribution < 1.29 is 9.30 Å². The Morgan fingerprint density at radius 1 is 1.29 bits per heavy atom. The van der Waals surface area contributed by atoms with Crippen molar-refractivity contribution in [2.75, 3.05) is 24.7 Å². The highest BCUT2D eigenvalue weighted by atomic mass is 35.5. The van der Waals surface area contributed by atoms with Crippen molar-refractivity contribution in [3.63, 3.8) is 0 Å². The van der Waals surface area contributed by atoms with E-state index >= 15 is 0 Å². The van der Waals surface area contributed by atoms with Crippen LogP contribution in [0.3, 0.4) is 0 Å². The lowest BCUT2D eigenvalue weighted by atomic mass is 10.3. The first-order chi connectivity index (χ1) is 10.2. The molecule has 108 valence electrons. The molecule has 0 spiro atoms. The van der Waals surface area contributed by atoms with Gasteiger partial charge in [-0.05, 0) is 0 Å². The van der Waals surface area contributed by atoms with E-state index in [2.05, 4.69) is 20.6 Å². The van der Waals surface area contributed by atoms with Gasteiger partial charge in [0.1, 0.15) is 23.1 Å². The van der Waals surface area contributed by atoms with Gasteiger partial charge < -0.3 is 21.1 Å². The van der Waals surface area contributed by atoms with Gasteiger partial charge in [-0.25, -0.2) is 4.98 Å². The number of ether oxygens (including phenoxy) is 1. The van der Waals surface area contributed by atoms with Crippen LogP contribution in [0.2, 0.25) is 5.02 Å². The summed E-state index contributed by atoms with van der Waals surface area (Å²) in [6, 6.07) is 0. The van der Waals surface area contributed by atoms with Gasteiger partial charge in [0.15, 0.2) is 17.2 Å². The van der Waals surface area contributed by atoms with Gasteiger partial charge in [-0.2, -0.15) is 4.57 Å². The van der Waals surface area contributed by atoms with Crippen LogP contribution in [0.5, 0.6) is 5.75 Å². The van der Waals surface area contributed by atoms with Crippen LogP contribution >= 0.6 is 11.6 Å². The van der Waals surface area contributed by atoms with Gasteiger partial charge in [0.05, 0.1) is 6.20 Å². The first kappa shape index (κ1) is 13.4. The number of fused-ring (bicyclic) bond motifs is 4. The summed E-state index contributed by atoms with van der Waals surface area (Å²) in [5, 5.41) is 6.62. The molecule has 0 atom stereocenters. The molecule has 1 aliphatic rings. The number of anilines is 2. The number of aromatic nitrogens is 3. The van der Waals surface area contributed by atoms with Gasteiger partial charge in [0.2, 0.25) is 0 Å². The molecule has 0 saturated carbocycles. The highest BCUT2D eigenvalue weighted by Gasteiger charge is 2.30. The van der Waals surface area contributed by atoms with Crippen LogP contribution in [-0.2, 0) is 0 Å². The molecule has 0 saturated heterocycles. The molecule has 0 fully saturated rings. The number of rotatable bonds is 2. The summed E-state index contributed by atoms with van der Waals surface area (Å²) in [6.07, 6.45) is 6.29. The average molecular weight is 306 g/mol. The Labute approximate surface area is 126 Å². The zero-order valence-corrected chi connectivity index (χ0v) is 12.3. The number of nitrogens with one attached hydrogen (secondary N) is 2. The molecule has 3 heterocycles. The van der Waals surface area contributed by atoms with Crippen LogP contribution in [0.15, 0.2) is 24.8 Å². The Morgan fingerprint density at radius 2 is 2.05 bits per heavy atom. The highest BCUT2D eigenvalue weighted by Crippen LogP contribution is 2.39. The number of halogens is 1. The Kier molecular flexibility index (Phi) is 3.26. The molecule has 0 aliphatic carbocycles. The Morgan fingerprint density at radius 3 is 2.71 bits per heavy atom. The number of nitrogens with two attached hydrogens (primary N) is 1. The summed E-state index contributed by atoms with van der Waals surface area (Å²) in [4.78, 5) is 8.68. The highest BCUT2D eigenvalue weighted by molar-refractivity contribution is 6.35. The maximum absolute atomic E-state index is 6.39. The molecule has 8 heteroatoms. The molecule has 0 unspecified atom stereocenters. The van der Waals surface area contributed by atoms with Crippen LogP contribution in [0.25, 0.3) is 11.6 Å². The minimum Gasteiger partial charge on any atom is -0.449 e. The summed E-state index contributed by atoms with van der Waals surface area (Å²) < 4.78 is 7.60. The third kappa shape index (κ3) is 1.93. The Bertz CT molecular complexity index is 746. The molecule has 2 aromatic heterocycles. The minimum absolute atomic E-state index is 0.401. The van der Waals surface area contributed by atoms with E-state index in [0.717, 1.165) is 5.82 Å². The number of hydrogen-bond acceptors (Lipinski definition) is 6. The third-order valence-corrected chi connectivity index (χ3v) is 3.53. The third-order valence-electron chi connectivity index (χ3n) is 3.16. The van der Waals surface area contributed by atoms with Gasteiger partial charge in [-0.3, -0.25) is 0 Å². The summed E-state index contributed by atoms with van der Waals surface area (Å²) in [5.74, 6) is 2.22. The molecule has 0 aromatic carbocycles. The van der Waals surface area contributed by atoms with Crippen molar-refractivity contribution in [2.45, 2.75) is 0 Å². The van der Waals surface area contributed by atoms with Crippen molar-refractivity contribution >= 4 is 28.9 Å². The fourth-order valence-corrected chi connectivity index (χ4v) is 2.53. The topological polar surface area (TPSA) is 89.0 Å². The maximum atomic E-state index is 6.39. The van der Waals surface area contributed by atoms with E-state index < -0.39 is 0 Å². The minimum atomic E-state index is 0.401. The van der Waals surface area contributed by atoms with E-state index in [9.17, 15) is 0 Å². The van der Waals surface area contributed by atoms with Gasteiger partial charge in [0.25, 0.3) is 11.6 Å². The molecular formula is C13H14ClN6O+. The lowest BCUT2D eigenvalue weighted by molar-refractivity contribution is -0.584. The largest absolute Gasteiger partial charge is 0.449 e. The Balaban J connectivity index is 2.41. The zero-order valence-electron chi connectivity index (χ0n) is 11.5. The number of nitrogens with zero attached hydrogens (tertiary/aromatic N) is 3. The molecule has 1 aliphatic heterocycles. The normalized spacial score (nSPS) is 14.1. The van der Waals surface area contributed by atoms with E-state index in [1.54, 1.807) is 32.7 Å². The molecular weight excluding hydrogens is 292 g/mol. The average Bonchev–Trinajstić information content (AvgIpc) is 2.67. The predicted octanol–water partition coefficient (Wildman–Crippen LogP) is 1.14. The smallest absolute Gasteiger partial charge is 0.297 e. The first-order valence-electron chi connectivity index (χ1n) is 6.26. The molecule has 2 bridgehead atoms. The van der Waals surface area contributed by atoms with E-state index in [-0.39, 0.29) is 0 Å². The second-order valence-corrected chi connectivity index (χ2v) is 4.64. The van der Waals surface area contributed by atoms with Gasteiger partial charge in [-0.1, -0.05) is 11.6 Å². The molecule has 21 heavy (non-hydrogen) atoms. The van der Waals surface area contributed by atoms with E-state index in [1.807, 2.05) is 4.57 Å². The van der Waals surface area contributed by atoms with Crippen molar-refractivity contribution in [2.24, 2.45) is 5.73 Å². The lowest BCUT2D eigenvalue weighted by Gasteiger charge is -2.12. The van der Waals surface area contributed by atoms with Gasteiger partial charge >= 0.3 is 0 Å². The molecule has 7 nitrogen and oxygen atoms in total. The van der Waals surface area contributed by atoms with Crippen LogP contribution in [0.4, 0.5) is 11.5 Å². The van der Waals surface area contributed by atoms with Crippen LogP contribution < -0.4 is 25.7 Å². The van der Waals surface area contributed by atoms with Crippen molar-refractivity contribution in [3.05, 3.63) is 35.5 Å². The van der Waals surface area contributed by atoms with Crippen LogP contribution in [-0.4, -0.2) is 24.1 Å². The summed E-state index contributed by atoms with van der Waals surface area (Å²) in [6.45, 7) is 0. The quantitative estimate of drug-likeness (QED) is 0.721. The second kappa shape index (κ2) is 5.10. The van der Waals surface area contributed by atoms with E-state index in [0.29, 0.717) is 33.7 Å². The summed E-state index contributed by atoms with van der Waals surface area (Å²) >= 11 is 6.39. The van der Waals surface area contributed by atoms with Crippen LogP contribution in [0.1, 0.15) is 5.69 Å². The molecule has 0 radical (unpaired) electrons. The summed E-state index contributed by atoms with van der Waals surface area (Å²) in [5.41, 5.74) is 6.90. The monoisotopic (exact) mass is 305 g/mol. The van der Waals surface area contributed by atoms with E-state index in [4.69, 9.17) is 22.1 Å². The van der Waals surface area contributed by atoms with Crippen molar-refractivity contribution in [1.29, 1.82) is 0 Å². The van der Waals surface area contributed by atoms with Gasteiger partial charge in [0, 0.05) is 20.3 Å². The zero-order chi connectivity index (χ0) is 15.0. The Hall–Kier alpha value is -2.54. The molecule has 4 N–H and O–H groups in total. The number of hydrogen-bond donors (Lipinski definition) is 3. The first-order valence-corrected chi connectivity index (χ1v) is 6.64. The summed E-state index contributed by atoms with van der Waals surface area (Å²) in [7, 11) is 3.59. The molecule has 3 rings (SSSR count). The standard InChI is InChI=1S/C13H13ClN6O/c1-16-11-9(14)8-6-20(12(11)17-2)13-10(7(5-15)21-8)18-3-4-19-13/h3-6,16H,1-2H3,(H2,15,18)/p+1. The molecule has 2 aromatic rings. The fourth-order valence-electron chi connectivity index (χ4n) is 2.26. The molecule has 0 amide bonds. The second-order valence-electron chi connectivity index (χ2n) is 4.26. The van der Waals surface area contributed by atoms with Crippen molar-refractivity contribution in [3.8, 4) is 11.6 Å². The number of pyridine rings is 1. The predicted molar refractivity (Wildman–Crippen MR) is 80.5 cm³/mol. The van der Waals surface area contributed by atoms with Crippen LogP contribution in [0, 0.1) is 0 Å². The van der Waals surface area contributed by atoms with E-state index in [1.165, 1.54) is 6.20 Å².